The van der Waals surface area contributed by atoms with E-state index in [1.165, 1.54) is 25.3 Å². The smallest absolute Gasteiger partial charge is 0.359 e. The van der Waals surface area contributed by atoms with E-state index in [0.29, 0.717) is 0 Å². The second-order valence-electron chi connectivity index (χ2n) is 5.20. The first-order chi connectivity index (χ1) is 12.3. The largest absolute Gasteiger partial charge is 0.461 e. The SMILES string of the molecule is CCOC(=O)c1nn2cc(-c3ccc(Cl)c(F)c3)[nH]c(=O)c2c1C(F)F. The van der Waals surface area contributed by atoms with Crippen LogP contribution in [0.3, 0.4) is 0 Å². The molecule has 10 heteroatoms. The number of nitrogens with one attached hydrogen (secondary N) is 1. The van der Waals surface area contributed by atoms with Crippen LogP contribution in [0.5, 0.6) is 0 Å². The Morgan fingerprint density at radius 1 is 1.42 bits per heavy atom. The molecule has 26 heavy (non-hydrogen) atoms. The Morgan fingerprint density at radius 3 is 2.77 bits per heavy atom. The fourth-order valence-electron chi connectivity index (χ4n) is 2.47. The third-order valence-corrected chi connectivity index (χ3v) is 3.89. The van der Waals surface area contributed by atoms with Gasteiger partial charge in [0, 0.05) is 5.56 Å². The van der Waals surface area contributed by atoms with Gasteiger partial charge < -0.3 is 9.72 Å². The number of halogens is 4. The van der Waals surface area contributed by atoms with Gasteiger partial charge in [-0.3, -0.25) is 4.79 Å². The van der Waals surface area contributed by atoms with Crippen LogP contribution in [0, 0.1) is 5.82 Å². The Kier molecular flexibility index (Phi) is 4.73. The molecule has 0 unspecified atom stereocenters. The highest BCUT2D eigenvalue weighted by Crippen LogP contribution is 2.28. The van der Waals surface area contributed by atoms with E-state index < -0.39 is 40.5 Å². The second kappa shape index (κ2) is 6.83. The zero-order valence-electron chi connectivity index (χ0n) is 13.2. The predicted molar refractivity (Wildman–Crippen MR) is 87.1 cm³/mol. The van der Waals surface area contributed by atoms with Gasteiger partial charge >= 0.3 is 5.97 Å². The van der Waals surface area contributed by atoms with Crippen LogP contribution < -0.4 is 5.56 Å². The number of rotatable bonds is 4. The summed E-state index contributed by atoms with van der Waals surface area (Å²) in [5.41, 5.74) is -2.50. The number of aromatic amines is 1. The third kappa shape index (κ3) is 3.05. The number of alkyl halides is 2. The first kappa shape index (κ1) is 18.0. The lowest BCUT2D eigenvalue weighted by Gasteiger charge is -2.04. The molecule has 3 aromatic rings. The van der Waals surface area contributed by atoms with E-state index in [4.69, 9.17) is 16.3 Å². The molecule has 0 spiro atoms. The van der Waals surface area contributed by atoms with Crippen molar-refractivity contribution >= 4 is 23.1 Å². The molecule has 0 amide bonds. The van der Waals surface area contributed by atoms with Gasteiger partial charge in [0.25, 0.3) is 12.0 Å². The zero-order valence-corrected chi connectivity index (χ0v) is 14.0. The van der Waals surface area contributed by atoms with Crippen molar-refractivity contribution in [2.45, 2.75) is 13.3 Å². The first-order valence-corrected chi connectivity index (χ1v) is 7.77. The van der Waals surface area contributed by atoms with Crippen molar-refractivity contribution < 1.29 is 22.7 Å². The molecule has 0 fully saturated rings. The summed E-state index contributed by atoms with van der Waals surface area (Å²) >= 11 is 5.62. The van der Waals surface area contributed by atoms with Gasteiger partial charge in [-0.25, -0.2) is 22.5 Å². The number of fused-ring (bicyclic) bond motifs is 1. The average molecular weight is 386 g/mol. The lowest BCUT2D eigenvalue weighted by Crippen LogP contribution is -2.13. The zero-order chi connectivity index (χ0) is 19.0. The van der Waals surface area contributed by atoms with Crippen LogP contribution in [0.1, 0.15) is 29.4 Å². The van der Waals surface area contributed by atoms with Crippen molar-refractivity contribution in [3.63, 3.8) is 0 Å². The molecule has 0 saturated heterocycles. The van der Waals surface area contributed by atoms with E-state index in [1.54, 1.807) is 0 Å². The molecule has 3 rings (SSSR count). The average Bonchev–Trinajstić information content (AvgIpc) is 2.98. The van der Waals surface area contributed by atoms with Crippen LogP contribution in [-0.4, -0.2) is 27.2 Å². The maximum atomic E-state index is 13.6. The molecule has 2 aromatic heterocycles. The molecule has 6 nitrogen and oxygen atoms in total. The van der Waals surface area contributed by atoms with Gasteiger partial charge in [-0.2, -0.15) is 5.10 Å². The van der Waals surface area contributed by atoms with Crippen molar-refractivity contribution in [2.24, 2.45) is 0 Å². The number of aromatic nitrogens is 3. The summed E-state index contributed by atoms with van der Waals surface area (Å²) in [5, 5.41) is 3.65. The molecule has 0 radical (unpaired) electrons. The summed E-state index contributed by atoms with van der Waals surface area (Å²) in [6.45, 7) is 1.47. The molecule has 1 aromatic carbocycles. The number of H-pyrrole nitrogens is 1. The van der Waals surface area contributed by atoms with Crippen LogP contribution in [0.2, 0.25) is 5.02 Å². The van der Waals surface area contributed by atoms with E-state index in [9.17, 15) is 22.8 Å². The minimum absolute atomic E-state index is 0.0406. The van der Waals surface area contributed by atoms with Gasteiger partial charge in [-0.1, -0.05) is 17.7 Å². The molecule has 0 aliphatic heterocycles. The second-order valence-corrected chi connectivity index (χ2v) is 5.61. The van der Waals surface area contributed by atoms with Gasteiger partial charge in [0.1, 0.15) is 11.3 Å². The topological polar surface area (TPSA) is 76.5 Å². The molecule has 136 valence electrons. The highest BCUT2D eigenvalue weighted by molar-refractivity contribution is 6.30. The van der Waals surface area contributed by atoms with E-state index >= 15 is 0 Å². The lowest BCUT2D eigenvalue weighted by molar-refractivity contribution is 0.0508. The Labute approximate surface area is 149 Å². The summed E-state index contributed by atoms with van der Waals surface area (Å²) in [5.74, 6) is -1.78. The number of benzene rings is 1. The quantitative estimate of drug-likeness (QED) is 0.696. The fraction of sp³-hybridized carbons (Fsp3) is 0.188. The molecule has 0 aliphatic carbocycles. The number of hydrogen-bond donors (Lipinski definition) is 1. The molecule has 2 heterocycles. The molecule has 0 aliphatic rings. The van der Waals surface area contributed by atoms with Crippen molar-refractivity contribution in [1.82, 2.24) is 14.6 Å². The van der Waals surface area contributed by atoms with Gasteiger partial charge in [0.2, 0.25) is 0 Å². The Bertz CT molecular complexity index is 1060. The van der Waals surface area contributed by atoms with Crippen LogP contribution in [0.25, 0.3) is 16.8 Å². The van der Waals surface area contributed by atoms with Gasteiger partial charge in [0.15, 0.2) is 5.69 Å². The van der Waals surface area contributed by atoms with Crippen LogP contribution in [-0.2, 0) is 4.74 Å². The highest BCUT2D eigenvalue weighted by Gasteiger charge is 2.29. The van der Waals surface area contributed by atoms with E-state index in [-0.39, 0.29) is 22.9 Å². The van der Waals surface area contributed by atoms with Crippen LogP contribution in [0.4, 0.5) is 13.2 Å². The number of esters is 1. The Morgan fingerprint density at radius 2 is 2.15 bits per heavy atom. The minimum Gasteiger partial charge on any atom is -0.461 e. The van der Waals surface area contributed by atoms with Crippen LogP contribution >= 0.6 is 11.6 Å². The summed E-state index contributed by atoms with van der Waals surface area (Å²) in [6.07, 6.45) is -1.92. The number of carbonyl (C=O) groups is 1. The number of ether oxygens (including phenoxy) is 1. The summed E-state index contributed by atoms with van der Waals surface area (Å²) in [7, 11) is 0. The molecule has 0 saturated carbocycles. The number of nitrogens with zero attached hydrogens (tertiary/aromatic N) is 2. The lowest BCUT2D eigenvalue weighted by atomic mass is 10.1. The predicted octanol–water partition coefficient (Wildman–Crippen LogP) is 3.60. The molecular formula is C16H11ClF3N3O3. The van der Waals surface area contributed by atoms with Gasteiger partial charge in [-0.15, -0.1) is 0 Å². The van der Waals surface area contributed by atoms with E-state index in [1.807, 2.05) is 0 Å². The van der Waals surface area contributed by atoms with Gasteiger partial charge in [-0.05, 0) is 19.1 Å². The monoisotopic (exact) mass is 385 g/mol. The standard InChI is InChI=1S/C16H11ClF3N3O3/c1-2-26-16(25)12-11(14(19)20)13-15(24)21-10(6-23(13)22-12)7-3-4-8(17)9(18)5-7/h3-6,14H,2H2,1H3,(H,21,24). The Balaban J connectivity index is 2.24. The number of hydrogen-bond acceptors (Lipinski definition) is 4. The minimum atomic E-state index is -3.12. The van der Waals surface area contributed by atoms with E-state index in [0.717, 1.165) is 10.6 Å². The van der Waals surface area contributed by atoms with E-state index in [2.05, 4.69) is 10.1 Å². The maximum absolute atomic E-state index is 13.6. The number of carbonyl (C=O) groups excluding carboxylic acids is 1. The van der Waals surface area contributed by atoms with Crippen LogP contribution in [0.15, 0.2) is 29.2 Å². The molecule has 1 N–H and O–H groups in total. The van der Waals surface area contributed by atoms with Crippen molar-refractivity contribution in [3.8, 4) is 11.3 Å². The first-order valence-electron chi connectivity index (χ1n) is 7.39. The Hall–Kier alpha value is -2.81. The summed E-state index contributed by atoms with van der Waals surface area (Å²) in [4.78, 5) is 26.6. The molecule has 0 atom stereocenters. The molecule has 0 bridgehead atoms. The summed E-state index contributed by atoms with van der Waals surface area (Å²) in [6, 6.07) is 3.79. The fourth-order valence-corrected chi connectivity index (χ4v) is 2.59. The normalized spacial score (nSPS) is 11.3. The third-order valence-electron chi connectivity index (χ3n) is 3.58. The maximum Gasteiger partial charge on any atom is 0.359 e. The summed E-state index contributed by atoms with van der Waals surface area (Å²) < 4.78 is 46.0. The van der Waals surface area contributed by atoms with Crippen molar-refractivity contribution in [3.05, 3.63) is 56.8 Å². The van der Waals surface area contributed by atoms with Crippen molar-refractivity contribution in [2.75, 3.05) is 6.61 Å². The molecular weight excluding hydrogens is 375 g/mol. The van der Waals surface area contributed by atoms with Crippen molar-refractivity contribution in [1.29, 1.82) is 0 Å². The highest BCUT2D eigenvalue weighted by atomic mass is 35.5. The van der Waals surface area contributed by atoms with Gasteiger partial charge in [0.05, 0.1) is 29.1 Å².